The monoisotopic (exact) mass is 363 g/mol. The maximum Gasteiger partial charge on any atom is 0.228 e. The molecule has 1 aromatic carbocycles. The minimum atomic E-state index is 0.628. The molecule has 0 unspecified atom stereocenters. The van der Waals surface area contributed by atoms with E-state index in [1.165, 1.54) is 0 Å². The van der Waals surface area contributed by atoms with Gasteiger partial charge in [0, 0.05) is 49.5 Å². The molecular weight excluding hydrogens is 346 g/mol. The smallest absolute Gasteiger partial charge is 0.228 e. The maximum absolute atomic E-state index is 8.93. The highest BCUT2D eigenvalue weighted by atomic mass is 32.1. The Morgan fingerprint density at radius 3 is 2.65 bits per heavy atom. The predicted molar refractivity (Wildman–Crippen MR) is 103 cm³/mol. The Kier molecular flexibility index (Phi) is 4.73. The molecule has 26 heavy (non-hydrogen) atoms. The highest BCUT2D eigenvalue weighted by Gasteiger charge is 2.16. The fraction of sp³-hybridized carbons (Fsp3) is 0.222. The van der Waals surface area contributed by atoms with Crippen LogP contribution in [-0.2, 0) is 0 Å². The molecule has 0 bridgehead atoms. The first-order valence-corrected chi connectivity index (χ1v) is 9.21. The second kappa shape index (κ2) is 7.47. The highest BCUT2D eigenvalue weighted by molar-refractivity contribution is 7.13. The maximum atomic E-state index is 8.93. The molecule has 7 nitrogen and oxygen atoms in total. The Bertz CT molecular complexity index is 910. The Morgan fingerprint density at radius 2 is 1.96 bits per heavy atom. The van der Waals surface area contributed by atoms with E-state index in [-0.39, 0.29) is 0 Å². The zero-order valence-electron chi connectivity index (χ0n) is 14.0. The first-order chi connectivity index (χ1) is 12.8. The SMILES string of the molecule is N#Cc1ccc(Nc2cc(-c3nccs3)nc(N3CCNCC3)n2)cc1. The van der Waals surface area contributed by atoms with Crippen molar-refractivity contribution in [2.45, 2.75) is 0 Å². The van der Waals surface area contributed by atoms with Gasteiger partial charge in [-0.2, -0.15) is 10.2 Å². The summed E-state index contributed by atoms with van der Waals surface area (Å²) in [4.78, 5) is 16.0. The number of hydrogen-bond acceptors (Lipinski definition) is 8. The van der Waals surface area contributed by atoms with Gasteiger partial charge in [-0.25, -0.2) is 9.97 Å². The van der Waals surface area contributed by atoms with Crippen LogP contribution in [0.25, 0.3) is 10.7 Å². The minimum Gasteiger partial charge on any atom is -0.340 e. The van der Waals surface area contributed by atoms with Crippen LogP contribution in [0.5, 0.6) is 0 Å². The molecule has 1 aliphatic heterocycles. The number of rotatable bonds is 4. The van der Waals surface area contributed by atoms with Crippen molar-refractivity contribution in [3.8, 4) is 16.8 Å². The summed E-state index contributed by atoms with van der Waals surface area (Å²) in [6.45, 7) is 3.59. The summed E-state index contributed by atoms with van der Waals surface area (Å²) in [6, 6.07) is 11.3. The summed E-state index contributed by atoms with van der Waals surface area (Å²) in [5.41, 5.74) is 2.31. The van der Waals surface area contributed by atoms with Crippen LogP contribution in [0.2, 0.25) is 0 Å². The lowest BCUT2D eigenvalue weighted by Crippen LogP contribution is -2.44. The van der Waals surface area contributed by atoms with E-state index in [1.54, 1.807) is 29.7 Å². The van der Waals surface area contributed by atoms with Crippen LogP contribution in [0.4, 0.5) is 17.5 Å². The van der Waals surface area contributed by atoms with Gasteiger partial charge < -0.3 is 15.5 Å². The fourth-order valence-electron chi connectivity index (χ4n) is 2.74. The lowest BCUT2D eigenvalue weighted by Gasteiger charge is -2.27. The van der Waals surface area contributed by atoms with Crippen LogP contribution in [0.3, 0.4) is 0 Å². The van der Waals surface area contributed by atoms with Gasteiger partial charge in [0.05, 0.1) is 11.6 Å². The third-order valence-electron chi connectivity index (χ3n) is 4.05. The second-order valence-electron chi connectivity index (χ2n) is 5.83. The quantitative estimate of drug-likeness (QED) is 0.736. The van der Waals surface area contributed by atoms with Gasteiger partial charge in [0.2, 0.25) is 5.95 Å². The molecule has 2 aromatic heterocycles. The number of piperazine rings is 1. The lowest BCUT2D eigenvalue weighted by atomic mass is 10.2. The van der Waals surface area contributed by atoms with E-state index in [0.717, 1.165) is 42.6 Å². The molecule has 1 aliphatic rings. The largest absolute Gasteiger partial charge is 0.340 e. The third-order valence-corrected chi connectivity index (χ3v) is 4.85. The second-order valence-corrected chi connectivity index (χ2v) is 6.72. The van der Waals surface area contributed by atoms with Crippen LogP contribution < -0.4 is 15.5 Å². The summed E-state index contributed by atoms with van der Waals surface area (Å²) in [5, 5.41) is 18.4. The van der Waals surface area contributed by atoms with Crippen molar-refractivity contribution >= 4 is 28.8 Å². The standard InChI is InChI=1S/C18H17N7S/c19-12-13-1-3-14(4-2-13)22-16-11-15(17-21-7-10-26-17)23-18(24-16)25-8-5-20-6-9-25/h1-4,7,10-11,20H,5-6,8-9H2,(H,22,23,24). The van der Waals surface area contributed by atoms with E-state index in [2.05, 4.69) is 26.6 Å². The van der Waals surface area contributed by atoms with Crippen molar-refractivity contribution in [3.63, 3.8) is 0 Å². The molecule has 8 heteroatoms. The summed E-state index contributed by atoms with van der Waals surface area (Å²) in [6.07, 6.45) is 1.78. The van der Waals surface area contributed by atoms with Gasteiger partial charge in [-0.1, -0.05) is 0 Å². The number of benzene rings is 1. The highest BCUT2D eigenvalue weighted by Crippen LogP contribution is 2.26. The predicted octanol–water partition coefficient (Wildman–Crippen LogP) is 2.62. The number of nitrogens with zero attached hydrogens (tertiary/aromatic N) is 5. The molecule has 3 heterocycles. The van der Waals surface area contributed by atoms with E-state index < -0.39 is 0 Å². The average molecular weight is 363 g/mol. The van der Waals surface area contributed by atoms with Crippen LogP contribution in [0.1, 0.15) is 5.56 Å². The van der Waals surface area contributed by atoms with Gasteiger partial charge >= 0.3 is 0 Å². The molecule has 0 radical (unpaired) electrons. The van der Waals surface area contributed by atoms with E-state index >= 15 is 0 Å². The zero-order chi connectivity index (χ0) is 17.8. The summed E-state index contributed by atoms with van der Waals surface area (Å²) in [7, 11) is 0. The van der Waals surface area contributed by atoms with Crippen molar-refractivity contribution in [1.82, 2.24) is 20.3 Å². The zero-order valence-corrected chi connectivity index (χ0v) is 14.8. The molecule has 0 spiro atoms. The number of anilines is 3. The molecule has 4 rings (SSSR count). The molecule has 3 aromatic rings. The van der Waals surface area contributed by atoms with Crippen molar-refractivity contribution < 1.29 is 0 Å². The molecule has 2 N–H and O–H groups in total. The van der Waals surface area contributed by atoms with Gasteiger partial charge in [0.25, 0.3) is 0 Å². The molecular formula is C18H17N7S. The third kappa shape index (κ3) is 3.64. The normalized spacial score (nSPS) is 14.0. The van der Waals surface area contributed by atoms with Gasteiger partial charge in [-0.15, -0.1) is 11.3 Å². The molecule has 0 atom stereocenters. The molecule has 0 amide bonds. The summed E-state index contributed by atoms with van der Waals surface area (Å²) in [5.74, 6) is 1.42. The van der Waals surface area contributed by atoms with Crippen LogP contribution in [-0.4, -0.2) is 41.1 Å². The summed E-state index contributed by atoms with van der Waals surface area (Å²) >= 11 is 1.56. The Balaban J connectivity index is 1.67. The topological polar surface area (TPSA) is 89.8 Å². The Morgan fingerprint density at radius 1 is 1.15 bits per heavy atom. The number of thiazole rings is 1. The minimum absolute atomic E-state index is 0.628. The number of aromatic nitrogens is 3. The summed E-state index contributed by atoms with van der Waals surface area (Å²) < 4.78 is 0. The van der Waals surface area contributed by atoms with Gasteiger partial charge in [-0.05, 0) is 24.3 Å². The van der Waals surface area contributed by atoms with Crippen LogP contribution in [0, 0.1) is 11.3 Å². The lowest BCUT2D eigenvalue weighted by molar-refractivity contribution is 0.580. The first kappa shape index (κ1) is 16.4. The van der Waals surface area contributed by atoms with Crippen LogP contribution in [0.15, 0.2) is 41.9 Å². The van der Waals surface area contributed by atoms with Crippen LogP contribution >= 0.6 is 11.3 Å². The van der Waals surface area contributed by atoms with Gasteiger partial charge in [-0.3, -0.25) is 0 Å². The average Bonchev–Trinajstić information content (AvgIpc) is 3.24. The molecule has 0 saturated carbocycles. The Hall–Kier alpha value is -3.02. The number of nitriles is 1. The van der Waals surface area contributed by atoms with E-state index in [4.69, 9.17) is 15.2 Å². The molecule has 1 fully saturated rings. The number of nitrogens with one attached hydrogen (secondary N) is 2. The van der Waals surface area contributed by atoms with E-state index in [0.29, 0.717) is 17.3 Å². The number of hydrogen-bond donors (Lipinski definition) is 2. The molecule has 130 valence electrons. The molecule has 1 saturated heterocycles. The first-order valence-electron chi connectivity index (χ1n) is 8.33. The van der Waals surface area contributed by atoms with Crippen molar-refractivity contribution in [1.29, 1.82) is 5.26 Å². The molecule has 0 aliphatic carbocycles. The Labute approximate surface area is 155 Å². The van der Waals surface area contributed by atoms with E-state index in [1.807, 2.05) is 23.6 Å². The van der Waals surface area contributed by atoms with Gasteiger partial charge in [0.1, 0.15) is 16.5 Å². The van der Waals surface area contributed by atoms with Crippen molar-refractivity contribution in [3.05, 3.63) is 47.5 Å². The van der Waals surface area contributed by atoms with E-state index in [9.17, 15) is 0 Å². The van der Waals surface area contributed by atoms with Gasteiger partial charge in [0.15, 0.2) is 0 Å². The van der Waals surface area contributed by atoms with Crippen molar-refractivity contribution in [2.75, 3.05) is 36.4 Å². The fourth-order valence-corrected chi connectivity index (χ4v) is 3.34. The van der Waals surface area contributed by atoms with Crippen molar-refractivity contribution in [2.24, 2.45) is 0 Å².